The Kier molecular flexibility index (Phi) is 5.81. The number of imidazole rings is 1. The van der Waals surface area contributed by atoms with Gasteiger partial charge >= 0.3 is 5.69 Å². The summed E-state index contributed by atoms with van der Waals surface area (Å²) >= 11 is 3.44. The summed E-state index contributed by atoms with van der Waals surface area (Å²) < 4.78 is 44.4. The molecule has 37 heavy (non-hydrogen) atoms. The van der Waals surface area contributed by atoms with Gasteiger partial charge in [-0.3, -0.25) is 9.55 Å². The van der Waals surface area contributed by atoms with Gasteiger partial charge in [0.15, 0.2) is 0 Å². The summed E-state index contributed by atoms with van der Waals surface area (Å²) in [7, 11) is -4.49. The molecule has 0 aliphatic rings. The lowest BCUT2D eigenvalue weighted by atomic mass is 9.86. The van der Waals surface area contributed by atoms with Crippen molar-refractivity contribution in [1.29, 1.82) is 5.26 Å². The molecule has 10 heteroatoms. The average molecular weight is 579 g/mol. The minimum absolute atomic E-state index is 0.0537. The lowest BCUT2D eigenvalue weighted by Crippen LogP contribution is -2.29. The van der Waals surface area contributed by atoms with Crippen molar-refractivity contribution in [2.75, 3.05) is 0 Å². The Labute approximate surface area is 220 Å². The van der Waals surface area contributed by atoms with E-state index in [0.717, 1.165) is 16.1 Å². The van der Waals surface area contributed by atoms with E-state index in [9.17, 15) is 22.9 Å². The molecule has 0 atom stereocenters. The van der Waals surface area contributed by atoms with E-state index in [4.69, 9.17) is 0 Å². The quantitative estimate of drug-likeness (QED) is 0.277. The van der Waals surface area contributed by atoms with E-state index in [1.807, 2.05) is 0 Å². The van der Waals surface area contributed by atoms with Gasteiger partial charge in [0.1, 0.15) is 11.3 Å². The number of aromatic nitrogens is 3. The number of aryl methyl sites for hydroxylation is 1. The van der Waals surface area contributed by atoms with Crippen LogP contribution in [0.25, 0.3) is 27.6 Å². The topological polar surface area (TPSA) is 97.8 Å². The maximum atomic E-state index is 14.3. The minimum atomic E-state index is -4.49. The van der Waals surface area contributed by atoms with Crippen LogP contribution >= 0.6 is 15.9 Å². The molecular weight excluding hydrogens is 559 g/mol. The molecule has 3 aromatic carbocycles. The number of benzene rings is 3. The summed E-state index contributed by atoms with van der Waals surface area (Å²) in [6.45, 7) is 5.09. The van der Waals surface area contributed by atoms with Crippen molar-refractivity contribution in [2.45, 2.75) is 31.1 Å². The first-order valence-corrected chi connectivity index (χ1v) is 13.4. The molecule has 0 spiro atoms. The first-order valence-electron chi connectivity index (χ1n) is 11.2. The van der Waals surface area contributed by atoms with Gasteiger partial charge in [0.05, 0.1) is 39.3 Å². The Morgan fingerprint density at radius 1 is 1.05 bits per heavy atom. The molecule has 0 saturated heterocycles. The summed E-state index contributed by atoms with van der Waals surface area (Å²) in [5, 5.41) is 10.0. The van der Waals surface area contributed by atoms with Gasteiger partial charge in [0.2, 0.25) is 0 Å². The fourth-order valence-corrected chi connectivity index (χ4v) is 5.96. The predicted octanol–water partition coefficient (Wildman–Crippen LogP) is 5.59. The van der Waals surface area contributed by atoms with Crippen molar-refractivity contribution in [1.82, 2.24) is 13.5 Å². The van der Waals surface area contributed by atoms with Crippen molar-refractivity contribution < 1.29 is 12.8 Å². The van der Waals surface area contributed by atoms with Crippen LogP contribution in [0, 0.1) is 24.1 Å². The van der Waals surface area contributed by atoms with Crippen LogP contribution in [0.4, 0.5) is 4.39 Å². The number of pyridine rings is 1. The van der Waals surface area contributed by atoms with Gasteiger partial charge in [-0.15, -0.1) is 0 Å². The molecule has 0 aliphatic heterocycles. The molecule has 0 fully saturated rings. The second kappa shape index (κ2) is 8.64. The lowest BCUT2D eigenvalue weighted by Gasteiger charge is -2.16. The second-order valence-corrected chi connectivity index (χ2v) is 11.9. The van der Waals surface area contributed by atoms with Crippen LogP contribution in [-0.4, -0.2) is 21.9 Å². The first kappa shape index (κ1) is 24.9. The Hall–Kier alpha value is -3.81. The molecule has 0 saturated carbocycles. The van der Waals surface area contributed by atoms with Crippen molar-refractivity contribution in [3.63, 3.8) is 0 Å². The van der Waals surface area contributed by atoms with E-state index in [1.165, 1.54) is 29.8 Å². The zero-order valence-electron chi connectivity index (χ0n) is 20.0. The molecule has 5 rings (SSSR count). The van der Waals surface area contributed by atoms with Gasteiger partial charge in [-0.1, -0.05) is 34.1 Å². The average Bonchev–Trinajstić information content (AvgIpc) is 3.18. The van der Waals surface area contributed by atoms with Gasteiger partial charge in [-0.05, 0) is 74.4 Å². The Morgan fingerprint density at radius 3 is 2.41 bits per heavy atom. The highest BCUT2D eigenvalue weighted by molar-refractivity contribution is 9.10. The lowest BCUT2D eigenvalue weighted by molar-refractivity contribution is 0.581. The van der Waals surface area contributed by atoms with E-state index in [0.29, 0.717) is 26.1 Å². The molecule has 2 aromatic heterocycles. The maximum Gasteiger partial charge on any atom is 0.348 e. The number of rotatable bonds is 4. The molecular formula is C27H20BrFN4O3S. The number of hydrogen-bond acceptors (Lipinski definition) is 5. The third kappa shape index (κ3) is 3.95. The standard InChI is InChI=1S/C27H20BrFN4O3S/c1-16-4-10-20(13-22(16)29)37(35,36)33-24-14-31-23-11-7-18(28)12-21(23)25(24)32(26(33)34)19-8-5-17(6-9-19)27(2,3)15-30/h4-14H,1-3H3. The highest BCUT2D eigenvalue weighted by Crippen LogP contribution is 2.31. The van der Waals surface area contributed by atoms with E-state index in [-0.39, 0.29) is 16.0 Å². The Balaban J connectivity index is 1.89. The smallest absolute Gasteiger partial charge is 0.259 e. The predicted molar refractivity (Wildman–Crippen MR) is 143 cm³/mol. The van der Waals surface area contributed by atoms with Gasteiger partial charge in [-0.2, -0.15) is 9.23 Å². The molecule has 5 aromatic rings. The summed E-state index contributed by atoms with van der Waals surface area (Å²) in [5.74, 6) is -0.693. The number of fused-ring (bicyclic) bond motifs is 3. The molecule has 0 N–H and O–H groups in total. The van der Waals surface area contributed by atoms with Gasteiger partial charge < -0.3 is 0 Å². The van der Waals surface area contributed by atoms with Gasteiger partial charge in [0, 0.05) is 9.86 Å². The number of hydrogen-bond donors (Lipinski definition) is 0. The van der Waals surface area contributed by atoms with Gasteiger partial charge in [-0.25, -0.2) is 17.6 Å². The van der Waals surface area contributed by atoms with Crippen molar-refractivity contribution in [3.05, 3.63) is 98.8 Å². The SMILES string of the molecule is Cc1ccc(S(=O)(=O)n2c(=O)n(-c3ccc(C(C)(C)C#N)cc3)c3c4cc(Br)ccc4ncc32)cc1F. The van der Waals surface area contributed by atoms with Crippen LogP contribution in [0.5, 0.6) is 0 Å². The van der Waals surface area contributed by atoms with E-state index in [2.05, 4.69) is 27.0 Å². The van der Waals surface area contributed by atoms with E-state index >= 15 is 0 Å². The second-order valence-electron chi connectivity index (χ2n) is 9.24. The first-order chi connectivity index (χ1) is 17.5. The fourth-order valence-electron chi connectivity index (χ4n) is 4.22. The molecule has 0 radical (unpaired) electrons. The highest BCUT2D eigenvalue weighted by atomic mass is 79.9. The third-order valence-corrected chi connectivity index (χ3v) is 8.57. The molecule has 7 nitrogen and oxygen atoms in total. The van der Waals surface area contributed by atoms with Crippen LogP contribution in [0.2, 0.25) is 0 Å². The maximum absolute atomic E-state index is 14.3. The monoisotopic (exact) mass is 578 g/mol. The zero-order valence-corrected chi connectivity index (χ0v) is 22.4. The van der Waals surface area contributed by atoms with Crippen molar-refractivity contribution in [3.8, 4) is 11.8 Å². The van der Waals surface area contributed by atoms with Crippen LogP contribution < -0.4 is 5.69 Å². The number of halogens is 2. The highest BCUT2D eigenvalue weighted by Gasteiger charge is 2.28. The summed E-state index contributed by atoms with van der Waals surface area (Å²) in [6, 6.07) is 17.9. The molecule has 186 valence electrons. The van der Waals surface area contributed by atoms with Crippen LogP contribution in [0.15, 0.2) is 81.0 Å². The zero-order chi connectivity index (χ0) is 26.7. The van der Waals surface area contributed by atoms with Crippen molar-refractivity contribution in [2.24, 2.45) is 0 Å². The largest absolute Gasteiger partial charge is 0.348 e. The van der Waals surface area contributed by atoms with Crippen molar-refractivity contribution >= 4 is 47.9 Å². The van der Waals surface area contributed by atoms with Crippen LogP contribution in [-0.2, 0) is 15.4 Å². The van der Waals surface area contributed by atoms with E-state index < -0.39 is 26.9 Å². The molecule has 0 unspecified atom stereocenters. The Morgan fingerprint density at radius 2 is 1.76 bits per heavy atom. The summed E-state index contributed by atoms with van der Waals surface area (Å²) in [6.07, 6.45) is 1.33. The van der Waals surface area contributed by atoms with Gasteiger partial charge in [0.25, 0.3) is 10.0 Å². The number of nitrogens with zero attached hydrogens (tertiary/aromatic N) is 4. The molecule has 0 amide bonds. The molecule has 0 aliphatic carbocycles. The fraction of sp³-hybridized carbons (Fsp3) is 0.148. The summed E-state index contributed by atoms with van der Waals surface area (Å²) in [5.41, 5.74) is 0.777. The van der Waals surface area contributed by atoms with E-state index in [1.54, 1.807) is 56.3 Å². The molecule has 2 heterocycles. The summed E-state index contributed by atoms with van der Waals surface area (Å²) in [4.78, 5) is 17.9. The van der Waals surface area contributed by atoms with Crippen LogP contribution in [0.3, 0.4) is 0 Å². The molecule has 0 bridgehead atoms. The normalized spacial score (nSPS) is 12.2. The minimum Gasteiger partial charge on any atom is -0.259 e. The number of nitriles is 1. The Bertz CT molecular complexity index is 1940. The van der Waals surface area contributed by atoms with Crippen LogP contribution in [0.1, 0.15) is 25.0 Å². The third-order valence-electron chi connectivity index (χ3n) is 6.40.